The van der Waals surface area contributed by atoms with Gasteiger partial charge in [0.2, 0.25) is 0 Å². The molecule has 0 N–H and O–H groups in total. The first kappa shape index (κ1) is 15.0. The van der Waals surface area contributed by atoms with Crippen molar-refractivity contribution in [2.24, 2.45) is 0 Å². The van der Waals surface area contributed by atoms with Crippen LogP contribution in [0.3, 0.4) is 0 Å². The molecule has 0 fully saturated rings. The molecule has 84 valence electrons. The second-order valence-corrected chi connectivity index (χ2v) is 2.89. The predicted molar refractivity (Wildman–Crippen MR) is 66.1 cm³/mol. The summed E-state index contributed by atoms with van der Waals surface area (Å²) in [5.74, 6) is 0. The van der Waals surface area contributed by atoms with E-state index in [4.69, 9.17) is 0 Å². The molecular formula is C15H15Pu-3. The van der Waals surface area contributed by atoms with E-state index in [9.17, 15) is 0 Å². The van der Waals surface area contributed by atoms with Crippen LogP contribution in [-0.4, -0.2) is 0 Å². The van der Waals surface area contributed by atoms with E-state index in [2.05, 4.69) is 0 Å². The average molecular weight is 439 g/mol. The van der Waals surface area contributed by atoms with Gasteiger partial charge in [-0.25, -0.2) is 36.4 Å². The molecule has 0 radical (unpaired) electrons. The van der Waals surface area contributed by atoms with Gasteiger partial charge in [-0.3, -0.25) is 0 Å². The molecule has 3 rings (SSSR count). The summed E-state index contributed by atoms with van der Waals surface area (Å²) in [6, 6.07) is 30.0. The fraction of sp³-hybridized carbons (Fsp3) is 0. The van der Waals surface area contributed by atoms with Gasteiger partial charge in [0.05, 0.1) is 0 Å². The summed E-state index contributed by atoms with van der Waals surface area (Å²) in [6.45, 7) is 0. The molecule has 0 saturated heterocycles. The first-order valence-electron chi connectivity index (χ1n) is 5.00. The van der Waals surface area contributed by atoms with Crippen LogP contribution in [0.5, 0.6) is 0 Å². The van der Waals surface area contributed by atoms with E-state index < -0.39 is 0 Å². The number of rotatable bonds is 0. The minimum atomic E-state index is 0. The van der Waals surface area contributed by atoms with E-state index in [0.717, 1.165) is 0 Å². The van der Waals surface area contributed by atoms with Gasteiger partial charge in [0, 0.05) is 29.2 Å². The molecule has 0 saturated carbocycles. The molecule has 3 aromatic carbocycles. The maximum Gasteiger partial charge on any atom is 0 e. The van der Waals surface area contributed by atoms with E-state index in [1.165, 1.54) is 0 Å². The zero-order valence-electron chi connectivity index (χ0n) is 9.07. The molecule has 3 aromatic rings. The molecule has 0 heterocycles. The van der Waals surface area contributed by atoms with E-state index in [0.29, 0.717) is 0 Å². The predicted octanol–water partition coefficient (Wildman–Crippen LogP) is 4.22. The Morgan fingerprint density at radius 3 is 0.625 bits per heavy atom. The molecule has 1 heteroatoms. The fourth-order valence-corrected chi connectivity index (χ4v) is 0.962. The van der Waals surface area contributed by atoms with Crippen molar-refractivity contribution in [3.05, 3.63) is 91.0 Å². The van der Waals surface area contributed by atoms with Crippen molar-refractivity contribution in [1.29, 1.82) is 0 Å². The van der Waals surface area contributed by atoms with Crippen molar-refractivity contribution < 1.29 is 29.2 Å². The molecule has 0 bridgehead atoms. The molecule has 0 spiro atoms. The van der Waals surface area contributed by atoms with Crippen LogP contribution in [0.25, 0.3) is 0 Å². The van der Waals surface area contributed by atoms with Crippen molar-refractivity contribution in [2.45, 2.75) is 0 Å². The third-order valence-corrected chi connectivity index (χ3v) is 1.67. The monoisotopic (exact) mass is 433 g/mol. The van der Waals surface area contributed by atoms with Gasteiger partial charge < -0.3 is 0 Å². The van der Waals surface area contributed by atoms with Gasteiger partial charge in [-0.05, 0) is 0 Å². The Balaban J connectivity index is 0.000000205. The van der Waals surface area contributed by atoms with Gasteiger partial charge in [0.25, 0.3) is 0 Å². The summed E-state index contributed by atoms with van der Waals surface area (Å²) in [5, 5.41) is 0. The summed E-state index contributed by atoms with van der Waals surface area (Å²) < 4.78 is 0. The molecule has 0 aromatic heterocycles. The second-order valence-electron chi connectivity index (χ2n) is 2.89. The van der Waals surface area contributed by atoms with Crippen molar-refractivity contribution in [3.63, 3.8) is 0 Å². The van der Waals surface area contributed by atoms with Crippen molar-refractivity contribution in [2.75, 3.05) is 0 Å². The quantitative estimate of drug-likeness (QED) is 0.461. The molecule has 0 aliphatic heterocycles. The Labute approximate surface area is 120 Å². The standard InChI is InChI=1S/3C5H5.Pu/c3*1-2-4-5-3-1;/h3*1-5H;/q3*-1;. The smallest absolute Gasteiger partial charge is 0 e. The van der Waals surface area contributed by atoms with E-state index >= 15 is 0 Å². The molecule has 0 unspecified atom stereocenters. The Hall–Kier alpha value is -0.963. The second kappa shape index (κ2) is 12.1. The minimum Gasteiger partial charge on any atom is -0.214 e. The summed E-state index contributed by atoms with van der Waals surface area (Å²) in [4.78, 5) is 0. The first-order chi connectivity index (χ1) is 7.50. The SMILES string of the molecule is [Pu].c1cc[cH-]c1.c1cc[cH-]c1.c1cc[cH-]c1. The Bertz CT molecular complexity index is 237. The van der Waals surface area contributed by atoms with Crippen LogP contribution >= 0.6 is 0 Å². The summed E-state index contributed by atoms with van der Waals surface area (Å²) in [5.41, 5.74) is 0. The molecule has 0 atom stereocenters. The Morgan fingerprint density at radius 2 is 0.562 bits per heavy atom. The molecule has 16 heavy (non-hydrogen) atoms. The molecule has 0 aliphatic carbocycles. The van der Waals surface area contributed by atoms with E-state index in [-0.39, 0.29) is 29.2 Å². The van der Waals surface area contributed by atoms with Gasteiger partial charge in [-0.2, -0.15) is 54.6 Å². The van der Waals surface area contributed by atoms with Crippen LogP contribution in [-0.2, 0) is 0 Å². The van der Waals surface area contributed by atoms with Crippen molar-refractivity contribution >= 4 is 0 Å². The van der Waals surface area contributed by atoms with Crippen LogP contribution in [0.4, 0.5) is 0 Å². The summed E-state index contributed by atoms with van der Waals surface area (Å²) in [7, 11) is 0. The minimum absolute atomic E-state index is 0. The maximum absolute atomic E-state index is 2.00. The van der Waals surface area contributed by atoms with Crippen LogP contribution < -0.4 is 0 Å². The Morgan fingerprint density at radius 1 is 0.375 bits per heavy atom. The third kappa shape index (κ3) is 9.59. The Kier molecular flexibility index (Phi) is 11.4. The van der Waals surface area contributed by atoms with Gasteiger partial charge in [0.1, 0.15) is 0 Å². The maximum atomic E-state index is 2.00. The van der Waals surface area contributed by atoms with Crippen LogP contribution in [0.1, 0.15) is 0 Å². The molecule has 0 nitrogen and oxygen atoms in total. The topological polar surface area (TPSA) is 0 Å². The number of hydrogen-bond acceptors (Lipinski definition) is 0. The van der Waals surface area contributed by atoms with Gasteiger partial charge in [-0.1, -0.05) is 0 Å². The molecule has 0 aliphatic rings. The van der Waals surface area contributed by atoms with Gasteiger partial charge in [0.15, 0.2) is 0 Å². The van der Waals surface area contributed by atoms with E-state index in [1.807, 2.05) is 91.0 Å². The van der Waals surface area contributed by atoms with Crippen molar-refractivity contribution in [1.82, 2.24) is 0 Å². The zero-order valence-corrected chi connectivity index (χ0v) is 12.5. The van der Waals surface area contributed by atoms with Crippen LogP contribution in [0, 0.1) is 29.2 Å². The summed E-state index contributed by atoms with van der Waals surface area (Å²) >= 11 is 0. The molecule has 0 amide bonds. The van der Waals surface area contributed by atoms with Crippen LogP contribution in [0.15, 0.2) is 91.0 Å². The average Bonchev–Trinajstić information content (AvgIpc) is 3.09. The third-order valence-electron chi connectivity index (χ3n) is 1.67. The number of hydrogen-bond donors (Lipinski definition) is 0. The van der Waals surface area contributed by atoms with Gasteiger partial charge in [-0.15, -0.1) is 0 Å². The normalized spacial score (nSPS) is 7.50. The first-order valence-corrected chi connectivity index (χ1v) is 5.00. The largest absolute Gasteiger partial charge is 0.214 e. The zero-order chi connectivity index (χ0) is 10.6. The summed E-state index contributed by atoms with van der Waals surface area (Å²) in [6.07, 6.45) is 0. The fourth-order valence-electron chi connectivity index (χ4n) is 0.962. The van der Waals surface area contributed by atoms with E-state index in [1.54, 1.807) is 0 Å². The molecular weight excluding hydrogens is 424 g/mol. The van der Waals surface area contributed by atoms with Crippen LogP contribution in [0.2, 0.25) is 0 Å². The van der Waals surface area contributed by atoms with Gasteiger partial charge >= 0.3 is 0 Å². The van der Waals surface area contributed by atoms with Crippen molar-refractivity contribution in [3.8, 4) is 0 Å².